The number of halogens is 1. The number of amides is 1. The quantitative estimate of drug-likeness (QED) is 0.746. The van der Waals surface area contributed by atoms with Gasteiger partial charge in [0.2, 0.25) is 17.7 Å². The smallest absolute Gasteiger partial charge is 0.234 e. The molecule has 7 heteroatoms. The molecule has 0 aliphatic rings. The number of ether oxygens (including phenoxy) is 1. The molecule has 0 saturated heterocycles. The van der Waals surface area contributed by atoms with Crippen LogP contribution in [0.2, 0.25) is 0 Å². The van der Waals surface area contributed by atoms with Crippen molar-refractivity contribution in [1.29, 1.82) is 0 Å². The van der Waals surface area contributed by atoms with Crippen LogP contribution >= 0.6 is 0 Å². The summed E-state index contributed by atoms with van der Waals surface area (Å²) in [7, 11) is 0. The van der Waals surface area contributed by atoms with Crippen molar-refractivity contribution in [3.8, 4) is 17.0 Å². The van der Waals surface area contributed by atoms with Crippen molar-refractivity contribution >= 4 is 22.9 Å². The maximum absolute atomic E-state index is 13.2. The molecular formula is C20H21FN4O2. The molecule has 0 atom stereocenters. The van der Waals surface area contributed by atoms with Gasteiger partial charge in [-0.15, -0.1) is 0 Å². The topological polar surface area (TPSA) is 77.0 Å². The Bertz CT molecular complexity index is 982. The number of carbonyl (C=O) groups excluding carboxylic acids is 1. The number of nitrogens with zero attached hydrogens (tertiary/aromatic N) is 3. The Kier molecular flexibility index (Phi) is 5.03. The van der Waals surface area contributed by atoms with E-state index in [1.807, 2.05) is 13.0 Å². The normalized spacial score (nSPS) is 11.4. The summed E-state index contributed by atoms with van der Waals surface area (Å²) in [6, 6.07) is 7.99. The highest BCUT2D eigenvalue weighted by Gasteiger charge is 2.23. The molecule has 0 radical (unpaired) electrons. The van der Waals surface area contributed by atoms with E-state index < -0.39 is 5.41 Å². The first kappa shape index (κ1) is 18.7. The highest BCUT2D eigenvalue weighted by molar-refractivity contribution is 5.94. The van der Waals surface area contributed by atoms with E-state index in [4.69, 9.17) is 4.74 Å². The highest BCUT2D eigenvalue weighted by Crippen LogP contribution is 2.28. The molecule has 0 fully saturated rings. The maximum Gasteiger partial charge on any atom is 0.234 e. The van der Waals surface area contributed by atoms with E-state index in [0.717, 1.165) is 11.1 Å². The number of carbonyl (C=O) groups is 1. The van der Waals surface area contributed by atoms with E-state index >= 15 is 0 Å². The van der Waals surface area contributed by atoms with E-state index in [2.05, 4.69) is 20.3 Å². The number of benzene rings is 1. The Balaban J connectivity index is 2.05. The third-order valence-corrected chi connectivity index (χ3v) is 3.88. The second-order valence-electron chi connectivity index (χ2n) is 7.09. The largest absolute Gasteiger partial charge is 0.477 e. The minimum absolute atomic E-state index is 0.146. The van der Waals surface area contributed by atoms with Crippen LogP contribution in [-0.4, -0.2) is 27.5 Å². The molecule has 2 aromatic heterocycles. The standard InChI is InChI=1S/C20H21FN4O2/c1-5-27-17-15-10-13(12-6-8-14(21)9-7-12)11-22-16(15)23-19(24-17)25-18(26)20(2,3)4/h6-11H,5H2,1-4H3,(H,22,23,24,25,26). The number of nitrogens with one attached hydrogen (secondary N) is 1. The van der Waals surface area contributed by atoms with Gasteiger partial charge in [-0.3, -0.25) is 10.1 Å². The minimum Gasteiger partial charge on any atom is -0.477 e. The molecule has 0 aliphatic heterocycles. The predicted octanol–water partition coefficient (Wildman–Crippen LogP) is 4.21. The monoisotopic (exact) mass is 368 g/mol. The Labute approximate surface area is 156 Å². The molecule has 0 bridgehead atoms. The Morgan fingerprint density at radius 1 is 1.15 bits per heavy atom. The van der Waals surface area contributed by atoms with Gasteiger partial charge in [-0.25, -0.2) is 9.37 Å². The van der Waals surface area contributed by atoms with Gasteiger partial charge in [0, 0.05) is 17.2 Å². The van der Waals surface area contributed by atoms with Gasteiger partial charge >= 0.3 is 0 Å². The zero-order chi connectivity index (χ0) is 19.6. The first-order chi connectivity index (χ1) is 12.8. The van der Waals surface area contributed by atoms with Crippen molar-refractivity contribution in [3.63, 3.8) is 0 Å². The SMILES string of the molecule is CCOc1nc(NC(=O)C(C)(C)C)nc2ncc(-c3ccc(F)cc3)cc12. The summed E-state index contributed by atoms with van der Waals surface area (Å²) in [5.41, 5.74) is 1.43. The molecule has 1 amide bonds. The molecule has 0 spiro atoms. The van der Waals surface area contributed by atoms with Crippen molar-refractivity contribution in [2.75, 3.05) is 11.9 Å². The molecule has 0 unspecified atom stereocenters. The molecule has 27 heavy (non-hydrogen) atoms. The summed E-state index contributed by atoms with van der Waals surface area (Å²) < 4.78 is 18.8. The molecule has 0 saturated carbocycles. The fourth-order valence-electron chi connectivity index (χ4n) is 2.38. The number of aromatic nitrogens is 3. The van der Waals surface area contributed by atoms with Crippen LogP contribution in [0, 0.1) is 11.2 Å². The van der Waals surface area contributed by atoms with Crippen LogP contribution in [0.1, 0.15) is 27.7 Å². The van der Waals surface area contributed by atoms with Crippen LogP contribution in [0.25, 0.3) is 22.2 Å². The van der Waals surface area contributed by atoms with Gasteiger partial charge in [0.1, 0.15) is 5.82 Å². The minimum atomic E-state index is -0.579. The molecule has 0 aliphatic carbocycles. The van der Waals surface area contributed by atoms with E-state index in [-0.39, 0.29) is 17.7 Å². The molecule has 140 valence electrons. The van der Waals surface area contributed by atoms with Crippen molar-refractivity contribution in [3.05, 3.63) is 42.3 Å². The molecule has 1 N–H and O–H groups in total. The lowest BCUT2D eigenvalue weighted by atomic mass is 9.96. The molecule has 2 heterocycles. The number of pyridine rings is 1. The predicted molar refractivity (Wildman–Crippen MR) is 102 cm³/mol. The van der Waals surface area contributed by atoms with Gasteiger partial charge in [0.15, 0.2) is 5.65 Å². The number of rotatable bonds is 4. The fourth-order valence-corrected chi connectivity index (χ4v) is 2.38. The zero-order valence-corrected chi connectivity index (χ0v) is 15.7. The fraction of sp³-hybridized carbons (Fsp3) is 0.300. The van der Waals surface area contributed by atoms with E-state index in [1.54, 1.807) is 39.1 Å². The summed E-state index contributed by atoms with van der Waals surface area (Å²) in [6.07, 6.45) is 1.65. The van der Waals surface area contributed by atoms with Crippen LogP contribution in [0.5, 0.6) is 5.88 Å². The Hall–Kier alpha value is -3.09. The van der Waals surface area contributed by atoms with E-state index in [0.29, 0.717) is 23.5 Å². The molecule has 1 aromatic carbocycles. The molecule has 6 nitrogen and oxygen atoms in total. The van der Waals surface area contributed by atoms with Crippen LogP contribution < -0.4 is 10.1 Å². The highest BCUT2D eigenvalue weighted by atomic mass is 19.1. The number of hydrogen-bond acceptors (Lipinski definition) is 5. The number of fused-ring (bicyclic) bond motifs is 1. The maximum atomic E-state index is 13.2. The van der Waals surface area contributed by atoms with Crippen LogP contribution in [0.3, 0.4) is 0 Å². The lowest BCUT2D eigenvalue weighted by molar-refractivity contribution is -0.123. The van der Waals surface area contributed by atoms with Gasteiger partial charge in [0.05, 0.1) is 12.0 Å². The van der Waals surface area contributed by atoms with Crippen LogP contribution in [0.4, 0.5) is 10.3 Å². The Morgan fingerprint density at radius 3 is 2.48 bits per heavy atom. The first-order valence-corrected chi connectivity index (χ1v) is 8.66. The van der Waals surface area contributed by atoms with Gasteiger partial charge < -0.3 is 4.74 Å². The summed E-state index contributed by atoms with van der Waals surface area (Å²) >= 11 is 0. The third kappa shape index (κ3) is 4.19. The van der Waals surface area contributed by atoms with Crippen molar-refractivity contribution in [2.45, 2.75) is 27.7 Å². The zero-order valence-electron chi connectivity index (χ0n) is 15.7. The van der Waals surface area contributed by atoms with Gasteiger partial charge in [-0.05, 0) is 30.7 Å². The average Bonchev–Trinajstić information content (AvgIpc) is 2.61. The second kappa shape index (κ2) is 7.26. The Morgan fingerprint density at radius 2 is 1.85 bits per heavy atom. The van der Waals surface area contributed by atoms with Gasteiger partial charge in [-0.2, -0.15) is 9.97 Å². The second-order valence-corrected chi connectivity index (χ2v) is 7.09. The number of hydrogen-bond donors (Lipinski definition) is 1. The van der Waals surface area contributed by atoms with E-state index in [9.17, 15) is 9.18 Å². The molecular weight excluding hydrogens is 347 g/mol. The van der Waals surface area contributed by atoms with Crippen LogP contribution in [0.15, 0.2) is 36.5 Å². The number of anilines is 1. The summed E-state index contributed by atoms with van der Waals surface area (Å²) in [4.78, 5) is 25.3. The third-order valence-electron chi connectivity index (χ3n) is 3.88. The summed E-state index contributed by atoms with van der Waals surface area (Å²) in [6.45, 7) is 7.66. The van der Waals surface area contributed by atoms with Gasteiger partial charge in [-0.1, -0.05) is 32.9 Å². The summed E-state index contributed by atoms with van der Waals surface area (Å²) in [5.74, 6) is -0.0200. The molecule has 3 rings (SSSR count). The van der Waals surface area contributed by atoms with Crippen molar-refractivity contribution < 1.29 is 13.9 Å². The first-order valence-electron chi connectivity index (χ1n) is 8.66. The summed E-state index contributed by atoms with van der Waals surface area (Å²) in [5, 5.41) is 3.32. The van der Waals surface area contributed by atoms with Crippen LogP contribution in [-0.2, 0) is 4.79 Å². The van der Waals surface area contributed by atoms with Gasteiger partial charge in [0.25, 0.3) is 0 Å². The lowest BCUT2D eigenvalue weighted by Gasteiger charge is -2.17. The lowest BCUT2D eigenvalue weighted by Crippen LogP contribution is -2.28. The van der Waals surface area contributed by atoms with E-state index in [1.165, 1.54) is 12.1 Å². The average molecular weight is 368 g/mol. The van der Waals surface area contributed by atoms with Crippen molar-refractivity contribution in [1.82, 2.24) is 15.0 Å². The molecule has 3 aromatic rings. The van der Waals surface area contributed by atoms with Crippen molar-refractivity contribution in [2.24, 2.45) is 5.41 Å².